The van der Waals surface area contributed by atoms with Gasteiger partial charge in [-0.1, -0.05) is 12.1 Å². The van der Waals surface area contributed by atoms with E-state index in [1.165, 1.54) is 5.56 Å². The van der Waals surface area contributed by atoms with E-state index in [2.05, 4.69) is 11.4 Å². The molecule has 1 heterocycles. The molecule has 0 saturated heterocycles. The molecule has 0 aromatic heterocycles. The van der Waals surface area contributed by atoms with Crippen LogP contribution in [0.1, 0.15) is 30.7 Å². The number of nitrogens with two attached hydrogens (primary N) is 1. The van der Waals surface area contributed by atoms with Gasteiger partial charge in [0, 0.05) is 6.54 Å². The van der Waals surface area contributed by atoms with Crippen molar-refractivity contribution in [3.8, 4) is 5.75 Å². The summed E-state index contributed by atoms with van der Waals surface area (Å²) in [6.45, 7) is 1.64. The quantitative estimate of drug-likeness (QED) is 0.649. The van der Waals surface area contributed by atoms with E-state index in [1.54, 1.807) is 6.07 Å². The molecule has 3 heteroatoms. The zero-order valence-corrected chi connectivity index (χ0v) is 8.87. The molecule has 15 heavy (non-hydrogen) atoms. The summed E-state index contributed by atoms with van der Waals surface area (Å²) >= 11 is 0. The SMILES string of the molecule is NCCC1CCCNc2c(O)cccc21. The lowest BCUT2D eigenvalue weighted by Crippen LogP contribution is -2.07. The minimum atomic E-state index is 0.358. The predicted molar refractivity (Wildman–Crippen MR) is 62.2 cm³/mol. The summed E-state index contributed by atoms with van der Waals surface area (Å²) in [5.41, 5.74) is 7.75. The third-order valence-corrected chi connectivity index (χ3v) is 3.06. The van der Waals surface area contributed by atoms with Crippen molar-refractivity contribution in [1.82, 2.24) is 0 Å². The number of anilines is 1. The van der Waals surface area contributed by atoms with E-state index < -0.39 is 0 Å². The van der Waals surface area contributed by atoms with Crippen LogP contribution in [0.25, 0.3) is 0 Å². The van der Waals surface area contributed by atoms with Gasteiger partial charge in [-0.05, 0) is 43.4 Å². The van der Waals surface area contributed by atoms with Crippen LogP contribution in [0.2, 0.25) is 0 Å². The Morgan fingerprint density at radius 3 is 3.13 bits per heavy atom. The van der Waals surface area contributed by atoms with Crippen molar-refractivity contribution < 1.29 is 5.11 Å². The molecular weight excluding hydrogens is 188 g/mol. The molecule has 1 aromatic rings. The lowest BCUT2D eigenvalue weighted by Gasteiger charge is -2.16. The van der Waals surface area contributed by atoms with Crippen LogP contribution in [-0.4, -0.2) is 18.2 Å². The fraction of sp³-hybridized carbons (Fsp3) is 0.500. The molecule has 0 aliphatic carbocycles. The molecule has 1 unspecified atom stereocenters. The van der Waals surface area contributed by atoms with Gasteiger partial charge in [0.05, 0.1) is 5.69 Å². The Balaban J connectivity index is 2.36. The average molecular weight is 206 g/mol. The minimum absolute atomic E-state index is 0.358. The van der Waals surface area contributed by atoms with Gasteiger partial charge in [0.15, 0.2) is 0 Å². The van der Waals surface area contributed by atoms with Crippen LogP contribution < -0.4 is 11.1 Å². The molecule has 0 spiro atoms. The largest absolute Gasteiger partial charge is 0.506 e. The van der Waals surface area contributed by atoms with Crippen molar-refractivity contribution in [3.63, 3.8) is 0 Å². The van der Waals surface area contributed by atoms with Crippen molar-refractivity contribution in [3.05, 3.63) is 23.8 Å². The normalized spacial score (nSPS) is 20.2. The Morgan fingerprint density at radius 2 is 2.33 bits per heavy atom. The summed E-state index contributed by atoms with van der Waals surface area (Å²) in [5, 5.41) is 13.1. The number of phenols is 1. The Bertz CT molecular complexity index is 338. The van der Waals surface area contributed by atoms with Gasteiger partial charge in [0.25, 0.3) is 0 Å². The summed E-state index contributed by atoms with van der Waals surface area (Å²) in [7, 11) is 0. The highest BCUT2D eigenvalue weighted by atomic mass is 16.3. The molecule has 82 valence electrons. The van der Waals surface area contributed by atoms with E-state index in [0.29, 0.717) is 18.2 Å². The Morgan fingerprint density at radius 1 is 1.47 bits per heavy atom. The van der Waals surface area contributed by atoms with Crippen molar-refractivity contribution in [2.45, 2.75) is 25.2 Å². The highest BCUT2D eigenvalue weighted by Gasteiger charge is 2.19. The molecule has 1 atom stereocenters. The lowest BCUT2D eigenvalue weighted by molar-refractivity contribution is 0.476. The second-order valence-electron chi connectivity index (χ2n) is 4.08. The molecular formula is C12H18N2O. The number of phenolic OH excluding ortho intramolecular Hbond substituents is 1. The average Bonchev–Trinajstić information content (AvgIpc) is 2.43. The van der Waals surface area contributed by atoms with E-state index in [-0.39, 0.29) is 0 Å². The van der Waals surface area contributed by atoms with Gasteiger partial charge in [0.2, 0.25) is 0 Å². The van der Waals surface area contributed by atoms with Crippen LogP contribution >= 0.6 is 0 Å². The third kappa shape index (κ3) is 2.07. The van der Waals surface area contributed by atoms with Crippen LogP contribution in [-0.2, 0) is 0 Å². The second-order valence-corrected chi connectivity index (χ2v) is 4.08. The molecule has 0 radical (unpaired) electrons. The van der Waals surface area contributed by atoms with E-state index in [4.69, 9.17) is 5.73 Å². The molecule has 1 aromatic carbocycles. The van der Waals surface area contributed by atoms with Crippen LogP contribution in [0, 0.1) is 0 Å². The fourth-order valence-corrected chi connectivity index (χ4v) is 2.31. The predicted octanol–water partition coefficient (Wildman–Crippen LogP) is 2.03. The fourth-order valence-electron chi connectivity index (χ4n) is 2.31. The Labute approximate surface area is 90.3 Å². The van der Waals surface area contributed by atoms with Gasteiger partial charge in [-0.15, -0.1) is 0 Å². The number of fused-ring (bicyclic) bond motifs is 1. The van der Waals surface area contributed by atoms with E-state index in [1.807, 2.05) is 6.07 Å². The molecule has 0 saturated carbocycles. The van der Waals surface area contributed by atoms with Crippen LogP contribution in [0.4, 0.5) is 5.69 Å². The number of rotatable bonds is 2. The first-order valence-corrected chi connectivity index (χ1v) is 5.58. The molecule has 1 aliphatic heterocycles. The van der Waals surface area contributed by atoms with Crippen LogP contribution in [0.3, 0.4) is 0 Å². The second kappa shape index (κ2) is 4.53. The zero-order valence-electron chi connectivity index (χ0n) is 8.87. The standard InChI is InChI=1S/C12H18N2O/c13-7-6-9-3-2-8-14-12-10(9)4-1-5-11(12)15/h1,4-5,9,14-15H,2-3,6-8,13H2. The zero-order chi connectivity index (χ0) is 10.7. The van der Waals surface area contributed by atoms with Crippen LogP contribution in [0.15, 0.2) is 18.2 Å². The molecule has 1 aliphatic rings. The van der Waals surface area contributed by atoms with Gasteiger partial charge in [-0.25, -0.2) is 0 Å². The van der Waals surface area contributed by atoms with Crippen molar-refractivity contribution in [2.24, 2.45) is 5.73 Å². The molecule has 3 nitrogen and oxygen atoms in total. The molecule has 0 amide bonds. The summed E-state index contributed by atoms with van der Waals surface area (Å²) in [6, 6.07) is 5.73. The maximum absolute atomic E-state index is 9.77. The van der Waals surface area contributed by atoms with Gasteiger partial charge >= 0.3 is 0 Å². The van der Waals surface area contributed by atoms with Gasteiger partial charge in [-0.3, -0.25) is 0 Å². The highest BCUT2D eigenvalue weighted by Crippen LogP contribution is 2.38. The van der Waals surface area contributed by atoms with Gasteiger partial charge < -0.3 is 16.2 Å². The number of nitrogens with one attached hydrogen (secondary N) is 1. The van der Waals surface area contributed by atoms with E-state index in [0.717, 1.165) is 31.5 Å². The van der Waals surface area contributed by atoms with Crippen molar-refractivity contribution in [2.75, 3.05) is 18.4 Å². The molecule has 2 rings (SSSR count). The van der Waals surface area contributed by atoms with Crippen LogP contribution in [0.5, 0.6) is 5.75 Å². The molecule has 0 fully saturated rings. The Kier molecular flexibility index (Phi) is 3.11. The number of aromatic hydroxyl groups is 1. The topological polar surface area (TPSA) is 58.3 Å². The maximum Gasteiger partial charge on any atom is 0.138 e. The first kappa shape index (κ1) is 10.3. The molecule has 0 bridgehead atoms. The summed E-state index contributed by atoms with van der Waals surface area (Å²) < 4.78 is 0. The summed E-state index contributed by atoms with van der Waals surface area (Å²) in [4.78, 5) is 0. The lowest BCUT2D eigenvalue weighted by atomic mass is 9.91. The number of hydrogen-bond acceptors (Lipinski definition) is 3. The monoisotopic (exact) mass is 206 g/mol. The third-order valence-electron chi connectivity index (χ3n) is 3.06. The highest BCUT2D eigenvalue weighted by molar-refractivity contribution is 5.63. The number of benzene rings is 1. The van der Waals surface area contributed by atoms with Crippen molar-refractivity contribution >= 4 is 5.69 Å². The smallest absolute Gasteiger partial charge is 0.138 e. The first-order valence-electron chi connectivity index (χ1n) is 5.58. The molecule has 4 N–H and O–H groups in total. The van der Waals surface area contributed by atoms with E-state index >= 15 is 0 Å². The Hall–Kier alpha value is -1.22. The number of hydrogen-bond donors (Lipinski definition) is 3. The minimum Gasteiger partial charge on any atom is -0.506 e. The van der Waals surface area contributed by atoms with Gasteiger partial charge in [0.1, 0.15) is 5.75 Å². The maximum atomic E-state index is 9.77. The first-order chi connectivity index (χ1) is 7.33. The summed E-state index contributed by atoms with van der Waals surface area (Å²) in [5.74, 6) is 0.850. The summed E-state index contributed by atoms with van der Waals surface area (Å²) in [6.07, 6.45) is 3.29. The van der Waals surface area contributed by atoms with Crippen molar-refractivity contribution in [1.29, 1.82) is 0 Å². The number of para-hydroxylation sites is 1. The van der Waals surface area contributed by atoms with Gasteiger partial charge in [-0.2, -0.15) is 0 Å². The van der Waals surface area contributed by atoms with E-state index in [9.17, 15) is 5.11 Å².